The predicted octanol–water partition coefficient (Wildman–Crippen LogP) is 3.67. The van der Waals surface area contributed by atoms with Gasteiger partial charge in [-0.25, -0.2) is 8.78 Å². The van der Waals surface area contributed by atoms with Crippen LogP contribution in [-0.4, -0.2) is 30.0 Å². The minimum Gasteiger partial charge on any atom is -0.325 e. The van der Waals surface area contributed by atoms with Crippen LogP contribution < -0.4 is 10.6 Å². The van der Waals surface area contributed by atoms with Crippen molar-refractivity contribution >= 4 is 23.4 Å². The van der Waals surface area contributed by atoms with Gasteiger partial charge < -0.3 is 10.6 Å². The summed E-state index contributed by atoms with van der Waals surface area (Å²) in [5.74, 6) is 1.08. The van der Waals surface area contributed by atoms with Crippen LogP contribution in [0.3, 0.4) is 0 Å². The first-order chi connectivity index (χ1) is 11.6. The largest absolute Gasteiger partial charge is 0.325 e. The number of thioether (sulfide) groups is 1. The monoisotopic (exact) mass is 348 g/mol. The molecule has 0 radical (unpaired) electrons. The van der Waals surface area contributed by atoms with Crippen molar-refractivity contribution in [2.24, 2.45) is 0 Å². The van der Waals surface area contributed by atoms with E-state index in [0.717, 1.165) is 18.1 Å². The first kappa shape index (κ1) is 16.9. The number of amides is 1. The number of halogens is 2. The molecule has 1 fully saturated rings. The Balaban J connectivity index is 1.77. The van der Waals surface area contributed by atoms with Gasteiger partial charge in [-0.3, -0.25) is 4.79 Å². The van der Waals surface area contributed by atoms with Crippen molar-refractivity contribution in [1.82, 2.24) is 5.32 Å². The Morgan fingerprint density at radius 1 is 1.17 bits per heavy atom. The van der Waals surface area contributed by atoms with E-state index in [9.17, 15) is 13.6 Å². The summed E-state index contributed by atoms with van der Waals surface area (Å²) in [4.78, 5) is 12.3. The van der Waals surface area contributed by atoms with Gasteiger partial charge in [0.15, 0.2) is 0 Å². The summed E-state index contributed by atoms with van der Waals surface area (Å²) < 4.78 is 26.7. The van der Waals surface area contributed by atoms with Gasteiger partial charge in [-0.2, -0.15) is 11.8 Å². The first-order valence-electron chi connectivity index (χ1n) is 7.78. The SMILES string of the molecule is O=C(CC1CSCCN1)Nc1ccc(F)cc1-c1ccc(F)cc1. The van der Waals surface area contributed by atoms with E-state index in [4.69, 9.17) is 0 Å². The lowest BCUT2D eigenvalue weighted by Crippen LogP contribution is -2.39. The molecule has 2 aromatic rings. The standard InChI is InChI=1S/C18H18F2N2OS/c19-13-3-1-12(2-4-13)16-9-14(20)5-6-17(16)22-18(23)10-15-11-24-8-7-21-15/h1-6,9,15,21H,7-8,10-11H2,(H,22,23). The van der Waals surface area contributed by atoms with Crippen LogP contribution in [0.4, 0.5) is 14.5 Å². The van der Waals surface area contributed by atoms with E-state index in [1.54, 1.807) is 12.1 Å². The molecule has 1 atom stereocenters. The molecule has 1 heterocycles. The zero-order valence-corrected chi connectivity index (χ0v) is 13.8. The highest BCUT2D eigenvalue weighted by Gasteiger charge is 2.18. The fourth-order valence-corrected chi connectivity index (χ4v) is 3.62. The number of carbonyl (C=O) groups excluding carboxylic acids is 1. The van der Waals surface area contributed by atoms with Crippen LogP contribution in [0.2, 0.25) is 0 Å². The van der Waals surface area contributed by atoms with Crippen LogP contribution in [0, 0.1) is 11.6 Å². The van der Waals surface area contributed by atoms with Crippen molar-refractivity contribution < 1.29 is 13.6 Å². The molecular formula is C18H18F2N2OS. The van der Waals surface area contributed by atoms with Gasteiger partial charge in [0, 0.05) is 41.8 Å². The van der Waals surface area contributed by atoms with E-state index in [2.05, 4.69) is 10.6 Å². The Bertz CT molecular complexity index is 715. The molecule has 3 nitrogen and oxygen atoms in total. The molecular weight excluding hydrogens is 330 g/mol. The topological polar surface area (TPSA) is 41.1 Å². The molecule has 126 valence electrons. The summed E-state index contributed by atoms with van der Waals surface area (Å²) in [6.45, 7) is 0.903. The van der Waals surface area contributed by atoms with Crippen LogP contribution in [0.15, 0.2) is 42.5 Å². The summed E-state index contributed by atoms with van der Waals surface area (Å²) in [5, 5.41) is 6.16. The minimum atomic E-state index is -0.405. The summed E-state index contributed by atoms with van der Waals surface area (Å²) in [6, 6.07) is 10.1. The van der Waals surface area contributed by atoms with Gasteiger partial charge in [0.05, 0.1) is 0 Å². The first-order valence-corrected chi connectivity index (χ1v) is 8.94. The minimum absolute atomic E-state index is 0.120. The molecule has 1 aliphatic heterocycles. The number of hydrogen-bond donors (Lipinski definition) is 2. The van der Waals surface area contributed by atoms with Crippen molar-refractivity contribution in [3.05, 3.63) is 54.1 Å². The number of hydrogen-bond acceptors (Lipinski definition) is 3. The number of anilines is 1. The molecule has 2 aromatic carbocycles. The third-order valence-corrected chi connectivity index (χ3v) is 4.97. The third-order valence-electron chi connectivity index (χ3n) is 3.84. The van der Waals surface area contributed by atoms with Gasteiger partial charge in [-0.1, -0.05) is 12.1 Å². The Hall–Kier alpha value is -1.92. The van der Waals surface area contributed by atoms with Gasteiger partial charge in [-0.15, -0.1) is 0 Å². The number of benzene rings is 2. The Morgan fingerprint density at radius 2 is 1.92 bits per heavy atom. The Kier molecular flexibility index (Phi) is 5.48. The zero-order valence-electron chi connectivity index (χ0n) is 13.0. The molecule has 2 N–H and O–H groups in total. The highest BCUT2D eigenvalue weighted by atomic mass is 32.2. The van der Waals surface area contributed by atoms with E-state index in [0.29, 0.717) is 23.2 Å². The maximum Gasteiger partial charge on any atom is 0.225 e. The van der Waals surface area contributed by atoms with Crippen LogP contribution >= 0.6 is 11.8 Å². The van der Waals surface area contributed by atoms with E-state index in [1.165, 1.54) is 30.3 Å². The second-order valence-corrected chi connectivity index (χ2v) is 6.82. The number of rotatable bonds is 4. The van der Waals surface area contributed by atoms with E-state index in [1.807, 2.05) is 11.8 Å². The van der Waals surface area contributed by atoms with Gasteiger partial charge in [-0.05, 0) is 35.9 Å². The highest BCUT2D eigenvalue weighted by molar-refractivity contribution is 7.99. The van der Waals surface area contributed by atoms with Crippen molar-refractivity contribution in [3.8, 4) is 11.1 Å². The van der Waals surface area contributed by atoms with E-state index < -0.39 is 5.82 Å². The van der Waals surface area contributed by atoms with Gasteiger partial charge >= 0.3 is 0 Å². The van der Waals surface area contributed by atoms with Crippen molar-refractivity contribution in [3.63, 3.8) is 0 Å². The molecule has 0 aliphatic carbocycles. The lowest BCUT2D eigenvalue weighted by atomic mass is 10.0. The Morgan fingerprint density at radius 3 is 2.62 bits per heavy atom. The van der Waals surface area contributed by atoms with Crippen LogP contribution in [0.25, 0.3) is 11.1 Å². The molecule has 0 bridgehead atoms. The molecule has 3 rings (SSSR count). The van der Waals surface area contributed by atoms with E-state index >= 15 is 0 Å². The molecule has 1 saturated heterocycles. The lowest BCUT2D eigenvalue weighted by Gasteiger charge is -2.22. The summed E-state index contributed by atoms with van der Waals surface area (Å²) >= 11 is 1.83. The van der Waals surface area contributed by atoms with E-state index in [-0.39, 0.29) is 17.8 Å². The summed E-state index contributed by atoms with van der Waals surface area (Å²) in [7, 11) is 0. The fourth-order valence-electron chi connectivity index (χ4n) is 2.67. The second-order valence-electron chi connectivity index (χ2n) is 5.68. The second kappa shape index (κ2) is 7.77. The maximum absolute atomic E-state index is 13.6. The van der Waals surface area contributed by atoms with Gasteiger partial charge in [0.25, 0.3) is 0 Å². The molecule has 6 heteroatoms. The molecule has 1 amide bonds. The van der Waals surface area contributed by atoms with Crippen LogP contribution in [0.5, 0.6) is 0 Å². The molecule has 0 spiro atoms. The smallest absolute Gasteiger partial charge is 0.225 e. The molecule has 1 unspecified atom stereocenters. The average molecular weight is 348 g/mol. The van der Waals surface area contributed by atoms with Crippen molar-refractivity contribution in [2.45, 2.75) is 12.5 Å². The van der Waals surface area contributed by atoms with Crippen LogP contribution in [-0.2, 0) is 4.79 Å². The van der Waals surface area contributed by atoms with Gasteiger partial charge in [0.1, 0.15) is 11.6 Å². The molecule has 0 aromatic heterocycles. The normalized spacial score (nSPS) is 17.5. The number of carbonyl (C=O) groups is 1. The van der Waals surface area contributed by atoms with Crippen molar-refractivity contribution in [1.29, 1.82) is 0 Å². The quantitative estimate of drug-likeness (QED) is 0.886. The number of nitrogens with one attached hydrogen (secondary N) is 2. The molecule has 1 aliphatic rings. The predicted molar refractivity (Wildman–Crippen MR) is 94.2 cm³/mol. The lowest BCUT2D eigenvalue weighted by molar-refractivity contribution is -0.116. The fraction of sp³-hybridized carbons (Fsp3) is 0.278. The average Bonchev–Trinajstić information content (AvgIpc) is 2.58. The third kappa shape index (κ3) is 4.33. The Labute approximate surface area is 143 Å². The zero-order chi connectivity index (χ0) is 16.9. The molecule has 24 heavy (non-hydrogen) atoms. The van der Waals surface area contributed by atoms with Gasteiger partial charge in [0.2, 0.25) is 5.91 Å². The molecule has 0 saturated carbocycles. The summed E-state index contributed by atoms with van der Waals surface area (Å²) in [6.07, 6.45) is 0.368. The highest BCUT2D eigenvalue weighted by Crippen LogP contribution is 2.29. The maximum atomic E-state index is 13.6. The van der Waals surface area contributed by atoms with Crippen molar-refractivity contribution in [2.75, 3.05) is 23.4 Å². The van der Waals surface area contributed by atoms with Crippen LogP contribution in [0.1, 0.15) is 6.42 Å². The summed E-state index contributed by atoms with van der Waals surface area (Å²) in [5.41, 5.74) is 1.71.